The highest BCUT2D eigenvalue weighted by atomic mass is 16.5. The van der Waals surface area contributed by atoms with E-state index >= 15 is 0 Å². The molecule has 0 amide bonds. The number of aromatic nitrogens is 1. The molecule has 1 fully saturated rings. The maximum atomic E-state index is 5.34. The van der Waals surface area contributed by atoms with Crippen molar-refractivity contribution in [1.82, 2.24) is 9.88 Å². The highest BCUT2D eigenvalue weighted by Gasteiger charge is 2.18. The third kappa shape index (κ3) is 3.44. The van der Waals surface area contributed by atoms with Crippen molar-refractivity contribution in [3.05, 3.63) is 66.4 Å². The molecule has 2 heterocycles. The molecule has 0 N–H and O–H groups in total. The highest BCUT2D eigenvalue weighted by Crippen LogP contribution is 2.23. The third-order valence-electron chi connectivity index (χ3n) is 4.90. The predicted octanol–water partition coefficient (Wildman–Crippen LogP) is 3.57. The Morgan fingerprint density at radius 3 is 2.60 bits per heavy atom. The first-order valence-corrected chi connectivity index (χ1v) is 8.77. The van der Waals surface area contributed by atoms with Crippen LogP contribution >= 0.6 is 0 Å². The fourth-order valence-electron chi connectivity index (χ4n) is 3.51. The van der Waals surface area contributed by atoms with Crippen molar-refractivity contribution in [2.45, 2.75) is 6.54 Å². The second-order valence-electron chi connectivity index (χ2n) is 6.46. The van der Waals surface area contributed by atoms with Gasteiger partial charge in [0.1, 0.15) is 5.75 Å². The summed E-state index contributed by atoms with van der Waals surface area (Å²) in [5, 5.41) is 1.22. The van der Waals surface area contributed by atoms with Crippen LogP contribution in [0.2, 0.25) is 0 Å². The van der Waals surface area contributed by atoms with Crippen molar-refractivity contribution in [1.29, 1.82) is 0 Å². The minimum absolute atomic E-state index is 0.918. The standard InChI is InChI=1S/C21H23N3O/c1-25-20-9-3-8-19(15-20)24-13-11-23(12-14-24)16-18-6-2-5-17-7-4-10-22-21(17)18/h2-10,15H,11-14,16H2,1H3. The molecule has 0 aliphatic carbocycles. The number of piperazine rings is 1. The Bertz CT molecular complexity index is 851. The quantitative estimate of drug-likeness (QED) is 0.730. The first kappa shape index (κ1) is 15.9. The Morgan fingerprint density at radius 2 is 1.76 bits per heavy atom. The summed E-state index contributed by atoms with van der Waals surface area (Å²) in [5.74, 6) is 0.918. The van der Waals surface area contributed by atoms with Crippen LogP contribution in [0.15, 0.2) is 60.8 Å². The van der Waals surface area contributed by atoms with E-state index in [1.165, 1.54) is 16.6 Å². The van der Waals surface area contributed by atoms with Gasteiger partial charge in [-0.1, -0.05) is 30.3 Å². The van der Waals surface area contributed by atoms with Crippen LogP contribution < -0.4 is 9.64 Å². The summed E-state index contributed by atoms with van der Waals surface area (Å²) in [6, 6.07) is 18.9. The molecular formula is C21H23N3O. The van der Waals surface area contributed by atoms with Gasteiger partial charge in [-0.2, -0.15) is 0 Å². The van der Waals surface area contributed by atoms with E-state index in [0.717, 1.165) is 44.0 Å². The van der Waals surface area contributed by atoms with Crippen molar-refractivity contribution < 1.29 is 4.74 Å². The smallest absolute Gasteiger partial charge is 0.120 e. The van der Waals surface area contributed by atoms with Gasteiger partial charge in [-0.05, 0) is 23.8 Å². The van der Waals surface area contributed by atoms with Gasteiger partial charge in [-0.3, -0.25) is 9.88 Å². The summed E-state index contributed by atoms with van der Waals surface area (Å²) < 4.78 is 5.34. The number of nitrogens with zero attached hydrogens (tertiary/aromatic N) is 3. The van der Waals surface area contributed by atoms with Crippen LogP contribution in [0, 0.1) is 0 Å². The van der Waals surface area contributed by atoms with Gasteiger partial charge < -0.3 is 9.64 Å². The van der Waals surface area contributed by atoms with Crippen molar-refractivity contribution >= 4 is 16.6 Å². The number of methoxy groups -OCH3 is 1. The van der Waals surface area contributed by atoms with Crippen molar-refractivity contribution in [3.8, 4) is 5.75 Å². The maximum Gasteiger partial charge on any atom is 0.120 e. The zero-order valence-corrected chi connectivity index (χ0v) is 14.6. The molecule has 2 aromatic carbocycles. The van der Waals surface area contributed by atoms with E-state index in [4.69, 9.17) is 4.74 Å². The zero-order valence-electron chi connectivity index (χ0n) is 14.6. The Kier molecular flexibility index (Phi) is 4.53. The summed E-state index contributed by atoms with van der Waals surface area (Å²) in [7, 11) is 1.72. The van der Waals surface area contributed by atoms with Crippen molar-refractivity contribution in [2.24, 2.45) is 0 Å². The number of fused-ring (bicyclic) bond motifs is 1. The van der Waals surface area contributed by atoms with E-state index in [0.29, 0.717) is 0 Å². The molecule has 4 nitrogen and oxygen atoms in total. The van der Waals surface area contributed by atoms with Gasteiger partial charge in [0, 0.05) is 56.1 Å². The topological polar surface area (TPSA) is 28.6 Å². The Balaban J connectivity index is 1.43. The molecule has 0 bridgehead atoms. The van der Waals surface area contributed by atoms with E-state index in [1.54, 1.807) is 7.11 Å². The lowest BCUT2D eigenvalue weighted by Gasteiger charge is -2.36. The summed E-state index contributed by atoms with van der Waals surface area (Å²) >= 11 is 0. The van der Waals surface area contributed by atoms with Crippen LogP contribution in [0.1, 0.15) is 5.56 Å². The molecule has 4 heteroatoms. The molecular weight excluding hydrogens is 310 g/mol. The number of ether oxygens (including phenoxy) is 1. The number of rotatable bonds is 4. The largest absolute Gasteiger partial charge is 0.497 e. The first-order chi connectivity index (χ1) is 12.3. The molecule has 1 aliphatic rings. The normalized spacial score (nSPS) is 15.5. The van der Waals surface area contributed by atoms with Crippen LogP contribution in [-0.2, 0) is 6.54 Å². The monoisotopic (exact) mass is 333 g/mol. The molecule has 4 rings (SSSR count). The Labute approximate surface area is 148 Å². The Morgan fingerprint density at radius 1 is 0.960 bits per heavy atom. The average molecular weight is 333 g/mol. The molecule has 0 saturated carbocycles. The van der Waals surface area contributed by atoms with Gasteiger partial charge in [-0.25, -0.2) is 0 Å². The lowest BCUT2D eigenvalue weighted by Crippen LogP contribution is -2.46. The van der Waals surface area contributed by atoms with Gasteiger partial charge >= 0.3 is 0 Å². The molecule has 128 valence electrons. The van der Waals surface area contributed by atoms with E-state index in [2.05, 4.69) is 57.2 Å². The van der Waals surface area contributed by atoms with Gasteiger partial charge in [0.2, 0.25) is 0 Å². The van der Waals surface area contributed by atoms with Crippen LogP contribution in [0.3, 0.4) is 0 Å². The van der Waals surface area contributed by atoms with Crippen LogP contribution in [0.25, 0.3) is 10.9 Å². The fraction of sp³-hybridized carbons (Fsp3) is 0.286. The van der Waals surface area contributed by atoms with Gasteiger partial charge in [0.25, 0.3) is 0 Å². The predicted molar refractivity (Wildman–Crippen MR) is 102 cm³/mol. The second-order valence-corrected chi connectivity index (χ2v) is 6.46. The average Bonchev–Trinajstić information content (AvgIpc) is 2.69. The van der Waals surface area contributed by atoms with Crippen LogP contribution in [0.4, 0.5) is 5.69 Å². The SMILES string of the molecule is COc1cccc(N2CCN(Cc3cccc4cccnc34)CC2)c1. The lowest BCUT2D eigenvalue weighted by molar-refractivity contribution is 0.250. The van der Waals surface area contributed by atoms with Crippen LogP contribution in [0.5, 0.6) is 5.75 Å². The number of pyridine rings is 1. The number of anilines is 1. The summed E-state index contributed by atoms with van der Waals surface area (Å²) in [6.45, 7) is 5.14. The molecule has 3 aromatic rings. The van der Waals surface area contributed by atoms with Crippen molar-refractivity contribution in [2.75, 3.05) is 38.2 Å². The third-order valence-corrected chi connectivity index (χ3v) is 4.90. The lowest BCUT2D eigenvalue weighted by atomic mass is 10.1. The molecule has 0 spiro atoms. The highest BCUT2D eigenvalue weighted by molar-refractivity contribution is 5.81. The van der Waals surface area contributed by atoms with E-state index < -0.39 is 0 Å². The minimum atomic E-state index is 0.918. The van der Waals surface area contributed by atoms with E-state index in [1.807, 2.05) is 18.3 Å². The molecule has 0 radical (unpaired) electrons. The first-order valence-electron chi connectivity index (χ1n) is 8.77. The molecule has 0 atom stereocenters. The molecule has 1 aromatic heterocycles. The van der Waals surface area contributed by atoms with Gasteiger partial charge in [-0.15, -0.1) is 0 Å². The summed E-state index contributed by atoms with van der Waals surface area (Å²) in [5.41, 5.74) is 3.68. The number of hydrogen-bond donors (Lipinski definition) is 0. The molecule has 1 aliphatic heterocycles. The molecule has 0 unspecified atom stereocenters. The summed E-state index contributed by atoms with van der Waals surface area (Å²) in [4.78, 5) is 9.52. The van der Waals surface area contributed by atoms with Crippen molar-refractivity contribution in [3.63, 3.8) is 0 Å². The van der Waals surface area contributed by atoms with Gasteiger partial charge in [0.05, 0.1) is 12.6 Å². The summed E-state index contributed by atoms with van der Waals surface area (Å²) in [6.07, 6.45) is 1.88. The maximum absolute atomic E-state index is 5.34. The number of para-hydroxylation sites is 1. The number of hydrogen-bond acceptors (Lipinski definition) is 4. The van der Waals surface area contributed by atoms with E-state index in [9.17, 15) is 0 Å². The molecule has 25 heavy (non-hydrogen) atoms. The Hall–Kier alpha value is -2.59. The fourth-order valence-corrected chi connectivity index (χ4v) is 3.51. The van der Waals surface area contributed by atoms with Crippen LogP contribution in [-0.4, -0.2) is 43.2 Å². The second kappa shape index (κ2) is 7.11. The molecule has 1 saturated heterocycles. The van der Waals surface area contributed by atoms with Gasteiger partial charge in [0.15, 0.2) is 0 Å². The minimum Gasteiger partial charge on any atom is -0.497 e. The zero-order chi connectivity index (χ0) is 17.1. The van der Waals surface area contributed by atoms with E-state index in [-0.39, 0.29) is 0 Å². The number of benzene rings is 2.